The van der Waals surface area contributed by atoms with Gasteiger partial charge in [-0.2, -0.15) is 0 Å². The molecule has 0 saturated carbocycles. The van der Waals surface area contributed by atoms with Gasteiger partial charge in [0.15, 0.2) is 11.7 Å². The Morgan fingerprint density at radius 2 is 1.93 bits per heavy atom. The van der Waals surface area contributed by atoms with Crippen molar-refractivity contribution in [2.75, 3.05) is 13.6 Å². The fourth-order valence-corrected chi connectivity index (χ4v) is 3.51. The number of nitrogens with one attached hydrogen (secondary N) is 3. The van der Waals surface area contributed by atoms with Gasteiger partial charge < -0.3 is 20.0 Å². The van der Waals surface area contributed by atoms with Crippen molar-refractivity contribution in [3.63, 3.8) is 0 Å². The molecule has 0 unspecified atom stereocenters. The number of aromatic nitrogens is 2. The zero-order chi connectivity index (χ0) is 20.9. The van der Waals surface area contributed by atoms with Crippen LogP contribution in [0.15, 0.2) is 64.3 Å². The summed E-state index contributed by atoms with van der Waals surface area (Å²) >= 11 is 0. The second-order valence-corrected chi connectivity index (χ2v) is 7.40. The van der Waals surface area contributed by atoms with E-state index in [-0.39, 0.29) is 0 Å². The van der Waals surface area contributed by atoms with Gasteiger partial charge in [0.25, 0.3) is 0 Å². The normalized spacial score (nSPS) is 11.8. The maximum absolute atomic E-state index is 5.87. The molecule has 6 nitrogen and oxygen atoms in total. The maximum Gasteiger partial charge on any atom is 0.214 e. The molecule has 0 aliphatic heterocycles. The van der Waals surface area contributed by atoms with E-state index in [1.807, 2.05) is 12.1 Å². The van der Waals surface area contributed by atoms with E-state index in [9.17, 15) is 0 Å². The SMILES string of the molecule is CN=C(NCCc1c[nH]c2c(C)cccc12)NCc1ncc(-c2ccc(C)cc2)o1. The lowest BCUT2D eigenvalue weighted by atomic mass is 10.1. The summed E-state index contributed by atoms with van der Waals surface area (Å²) in [6.07, 6.45) is 4.76. The van der Waals surface area contributed by atoms with E-state index in [1.54, 1.807) is 13.2 Å². The number of oxazole rings is 1. The Morgan fingerprint density at radius 1 is 1.10 bits per heavy atom. The van der Waals surface area contributed by atoms with Crippen LogP contribution >= 0.6 is 0 Å². The molecule has 2 heterocycles. The van der Waals surface area contributed by atoms with E-state index in [0.29, 0.717) is 12.4 Å². The van der Waals surface area contributed by atoms with Crippen LogP contribution in [-0.4, -0.2) is 29.5 Å². The van der Waals surface area contributed by atoms with Gasteiger partial charge in [-0.3, -0.25) is 4.99 Å². The summed E-state index contributed by atoms with van der Waals surface area (Å²) in [4.78, 5) is 12.0. The van der Waals surface area contributed by atoms with Crippen LogP contribution in [0.5, 0.6) is 0 Å². The van der Waals surface area contributed by atoms with Crippen molar-refractivity contribution in [1.82, 2.24) is 20.6 Å². The van der Waals surface area contributed by atoms with Crippen molar-refractivity contribution in [2.24, 2.45) is 4.99 Å². The number of guanidine groups is 1. The highest BCUT2D eigenvalue weighted by atomic mass is 16.4. The lowest BCUT2D eigenvalue weighted by molar-refractivity contribution is 0.497. The lowest BCUT2D eigenvalue weighted by Gasteiger charge is -2.10. The number of fused-ring (bicyclic) bond motifs is 1. The molecule has 0 saturated heterocycles. The van der Waals surface area contributed by atoms with Crippen molar-refractivity contribution < 1.29 is 4.42 Å². The molecule has 0 bridgehead atoms. The van der Waals surface area contributed by atoms with Gasteiger partial charge in [0.1, 0.15) is 0 Å². The molecule has 0 amide bonds. The third-order valence-electron chi connectivity index (χ3n) is 5.22. The average molecular weight is 402 g/mol. The lowest BCUT2D eigenvalue weighted by Crippen LogP contribution is -2.37. The highest BCUT2D eigenvalue weighted by Crippen LogP contribution is 2.22. The minimum absolute atomic E-state index is 0.470. The summed E-state index contributed by atoms with van der Waals surface area (Å²) in [5, 5.41) is 7.90. The number of rotatable bonds is 6. The Kier molecular flexibility index (Phi) is 5.84. The number of aliphatic imine (C=N–C) groups is 1. The van der Waals surface area contributed by atoms with Gasteiger partial charge in [-0.1, -0.05) is 48.0 Å². The van der Waals surface area contributed by atoms with Crippen LogP contribution in [0, 0.1) is 13.8 Å². The van der Waals surface area contributed by atoms with E-state index < -0.39 is 0 Å². The summed E-state index contributed by atoms with van der Waals surface area (Å²) < 4.78 is 5.87. The Labute approximate surface area is 176 Å². The predicted octanol–water partition coefficient (Wildman–Crippen LogP) is 4.35. The van der Waals surface area contributed by atoms with Crippen molar-refractivity contribution in [1.29, 1.82) is 0 Å². The number of aryl methyl sites for hydroxylation is 2. The molecular formula is C24H27N5O. The minimum Gasteiger partial charge on any atom is -0.439 e. The van der Waals surface area contributed by atoms with Gasteiger partial charge in [0, 0.05) is 36.3 Å². The molecule has 0 aliphatic carbocycles. The molecule has 30 heavy (non-hydrogen) atoms. The molecule has 4 aromatic rings. The van der Waals surface area contributed by atoms with Crippen LogP contribution < -0.4 is 10.6 Å². The van der Waals surface area contributed by atoms with Crippen LogP contribution in [0.1, 0.15) is 22.6 Å². The summed E-state index contributed by atoms with van der Waals surface area (Å²) in [6, 6.07) is 14.6. The molecule has 0 atom stereocenters. The number of aromatic amines is 1. The topological polar surface area (TPSA) is 78.2 Å². The smallest absolute Gasteiger partial charge is 0.214 e. The fraction of sp³-hybridized carbons (Fsp3) is 0.250. The third-order valence-corrected chi connectivity index (χ3v) is 5.22. The highest BCUT2D eigenvalue weighted by molar-refractivity contribution is 5.86. The molecule has 2 aromatic heterocycles. The van der Waals surface area contributed by atoms with Crippen molar-refractivity contribution in [3.05, 3.63) is 77.4 Å². The van der Waals surface area contributed by atoms with E-state index in [1.165, 1.54) is 27.6 Å². The largest absolute Gasteiger partial charge is 0.439 e. The summed E-state index contributed by atoms with van der Waals surface area (Å²) in [7, 11) is 1.76. The van der Waals surface area contributed by atoms with E-state index in [0.717, 1.165) is 30.2 Å². The van der Waals surface area contributed by atoms with Crippen LogP contribution in [-0.2, 0) is 13.0 Å². The standard InChI is InChI=1S/C24H27N5O/c1-16-7-9-18(10-8-16)21-14-27-22(30-21)15-29-24(25-3)26-12-11-19-13-28-23-17(2)5-4-6-20(19)23/h4-10,13-14,28H,11-12,15H2,1-3H3,(H2,25,26,29). The molecule has 4 rings (SSSR count). The Morgan fingerprint density at radius 3 is 2.73 bits per heavy atom. The molecule has 6 heteroatoms. The first-order chi connectivity index (χ1) is 14.6. The number of hydrogen-bond acceptors (Lipinski definition) is 3. The van der Waals surface area contributed by atoms with Gasteiger partial charge in [-0.15, -0.1) is 0 Å². The number of nitrogens with zero attached hydrogens (tertiary/aromatic N) is 2. The zero-order valence-electron chi connectivity index (χ0n) is 17.6. The first kappa shape index (κ1) is 19.8. The second-order valence-electron chi connectivity index (χ2n) is 7.40. The van der Waals surface area contributed by atoms with E-state index in [2.05, 4.69) is 76.0 Å². The first-order valence-corrected chi connectivity index (χ1v) is 10.2. The van der Waals surface area contributed by atoms with Crippen LogP contribution in [0.3, 0.4) is 0 Å². The van der Waals surface area contributed by atoms with Crippen LogP contribution in [0.4, 0.5) is 0 Å². The summed E-state index contributed by atoms with van der Waals surface area (Å²) in [6.45, 7) is 5.44. The average Bonchev–Trinajstić information content (AvgIpc) is 3.39. The van der Waals surface area contributed by atoms with Crippen molar-refractivity contribution in [3.8, 4) is 11.3 Å². The van der Waals surface area contributed by atoms with Gasteiger partial charge in [0.05, 0.1) is 12.7 Å². The molecule has 0 aliphatic rings. The monoisotopic (exact) mass is 401 g/mol. The quantitative estimate of drug-likeness (QED) is 0.332. The zero-order valence-corrected chi connectivity index (χ0v) is 17.6. The van der Waals surface area contributed by atoms with E-state index in [4.69, 9.17) is 4.42 Å². The van der Waals surface area contributed by atoms with E-state index >= 15 is 0 Å². The third kappa shape index (κ3) is 4.38. The molecule has 154 valence electrons. The fourth-order valence-electron chi connectivity index (χ4n) is 3.51. The molecule has 0 radical (unpaired) electrons. The predicted molar refractivity (Wildman–Crippen MR) is 122 cm³/mol. The maximum atomic E-state index is 5.87. The van der Waals surface area contributed by atoms with Gasteiger partial charge in [-0.25, -0.2) is 4.98 Å². The highest BCUT2D eigenvalue weighted by Gasteiger charge is 2.08. The second kappa shape index (κ2) is 8.86. The van der Waals surface area contributed by atoms with Gasteiger partial charge >= 0.3 is 0 Å². The van der Waals surface area contributed by atoms with Crippen molar-refractivity contribution >= 4 is 16.9 Å². The number of hydrogen-bond donors (Lipinski definition) is 3. The molecule has 2 aromatic carbocycles. The summed E-state index contributed by atoms with van der Waals surface area (Å²) in [5.41, 5.74) is 6.02. The van der Waals surface area contributed by atoms with Crippen LogP contribution in [0.25, 0.3) is 22.2 Å². The Bertz CT molecular complexity index is 1150. The Hall–Kier alpha value is -3.54. The molecule has 3 N–H and O–H groups in total. The molecule has 0 spiro atoms. The minimum atomic E-state index is 0.470. The molecule has 0 fully saturated rings. The Balaban J connectivity index is 1.30. The number of para-hydroxylation sites is 1. The molecular weight excluding hydrogens is 374 g/mol. The van der Waals surface area contributed by atoms with Crippen molar-refractivity contribution in [2.45, 2.75) is 26.8 Å². The van der Waals surface area contributed by atoms with Gasteiger partial charge in [0.2, 0.25) is 5.89 Å². The number of H-pyrrole nitrogens is 1. The van der Waals surface area contributed by atoms with Crippen LogP contribution in [0.2, 0.25) is 0 Å². The summed E-state index contributed by atoms with van der Waals surface area (Å²) in [5.74, 6) is 2.12. The number of benzene rings is 2. The first-order valence-electron chi connectivity index (χ1n) is 10.2. The van der Waals surface area contributed by atoms with Gasteiger partial charge in [-0.05, 0) is 31.4 Å².